The molecular formula is C10H19NO3. The van der Waals surface area contributed by atoms with Gasteiger partial charge in [-0.1, -0.05) is 20.8 Å². The van der Waals surface area contributed by atoms with Gasteiger partial charge >= 0.3 is 5.97 Å². The van der Waals surface area contributed by atoms with Crippen molar-refractivity contribution in [2.75, 3.05) is 6.61 Å². The molecule has 0 aromatic carbocycles. The van der Waals surface area contributed by atoms with Crippen molar-refractivity contribution in [3.8, 4) is 0 Å². The summed E-state index contributed by atoms with van der Waals surface area (Å²) in [4.78, 5) is 22.4. The minimum atomic E-state index is -0.583. The third-order valence-corrected chi connectivity index (χ3v) is 1.74. The fourth-order valence-corrected chi connectivity index (χ4v) is 1.06. The number of hydrogen-bond acceptors (Lipinski definition) is 3. The van der Waals surface area contributed by atoms with E-state index in [0.29, 0.717) is 6.61 Å². The molecule has 14 heavy (non-hydrogen) atoms. The van der Waals surface area contributed by atoms with E-state index in [1.165, 1.54) is 6.92 Å². The molecule has 0 fully saturated rings. The van der Waals surface area contributed by atoms with Crippen LogP contribution in [0.3, 0.4) is 0 Å². The van der Waals surface area contributed by atoms with Crippen LogP contribution < -0.4 is 5.32 Å². The average molecular weight is 201 g/mol. The second kappa shape index (κ2) is 4.98. The maximum Gasteiger partial charge on any atom is 0.329 e. The summed E-state index contributed by atoms with van der Waals surface area (Å²) < 4.78 is 4.88. The van der Waals surface area contributed by atoms with Crippen molar-refractivity contribution in [3.63, 3.8) is 0 Å². The van der Waals surface area contributed by atoms with Crippen LogP contribution in [0.25, 0.3) is 0 Å². The first-order valence-corrected chi connectivity index (χ1v) is 4.72. The van der Waals surface area contributed by atoms with Crippen LogP contribution in [0, 0.1) is 5.41 Å². The molecule has 0 saturated heterocycles. The summed E-state index contributed by atoms with van der Waals surface area (Å²) in [6.45, 7) is 9.09. The first kappa shape index (κ1) is 12.9. The zero-order chi connectivity index (χ0) is 11.4. The van der Waals surface area contributed by atoms with Gasteiger partial charge < -0.3 is 10.1 Å². The number of carbonyl (C=O) groups excluding carboxylic acids is 2. The quantitative estimate of drug-likeness (QED) is 0.696. The second-order valence-corrected chi connectivity index (χ2v) is 4.25. The lowest BCUT2D eigenvalue weighted by Crippen LogP contribution is -2.49. The van der Waals surface area contributed by atoms with E-state index in [-0.39, 0.29) is 17.3 Å². The van der Waals surface area contributed by atoms with E-state index >= 15 is 0 Å². The van der Waals surface area contributed by atoms with Crippen molar-refractivity contribution in [2.45, 2.75) is 40.7 Å². The Morgan fingerprint density at radius 3 is 2.14 bits per heavy atom. The number of amides is 1. The topological polar surface area (TPSA) is 55.4 Å². The Hall–Kier alpha value is -1.06. The highest BCUT2D eigenvalue weighted by Crippen LogP contribution is 2.20. The summed E-state index contributed by atoms with van der Waals surface area (Å²) in [5.41, 5.74) is -0.335. The van der Waals surface area contributed by atoms with E-state index in [0.717, 1.165) is 0 Å². The van der Waals surface area contributed by atoms with Crippen LogP contribution in [0.5, 0.6) is 0 Å². The second-order valence-electron chi connectivity index (χ2n) is 4.25. The van der Waals surface area contributed by atoms with E-state index in [4.69, 9.17) is 4.74 Å². The van der Waals surface area contributed by atoms with E-state index in [1.807, 2.05) is 20.8 Å². The molecule has 1 amide bonds. The number of esters is 1. The molecule has 0 spiro atoms. The van der Waals surface area contributed by atoms with E-state index in [9.17, 15) is 9.59 Å². The minimum absolute atomic E-state index is 0.224. The van der Waals surface area contributed by atoms with Crippen molar-refractivity contribution in [1.82, 2.24) is 5.32 Å². The molecule has 0 heterocycles. The van der Waals surface area contributed by atoms with E-state index < -0.39 is 6.04 Å². The fraction of sp³-hybridized carbons (Fsp3) is 0.800. The molecule has 0 rings (SSSR count). The van der Waals surface area contributed by atoms with Gasteiger partial charge in [0.2, 0.25) is 5.91 Å². The Bertz CT molecular complexity index is 218. The van der Waals surface area contributed by atoms with Crippen LogP contribution in [0.15, 0.2) is 0 Å². The number of nitrogens with one attached hydrogen (secondary N) is 1. The maximum absolute atomic E-state index is 11.5. The normalized spacial score (nSPS) is 13.2. The van der Waals surface area contributed by atoms with Crippen molar-refractivity contribution in [3.05, 3.63) is 0 Å². The molecule has 0 unspecified atom stereocenters. The highest BCUT2D eigenvalue weighted by atomic mass is 16.5. The minimum Gasteiger partial charge on any atom is -0.464 e. The molecule has 0 aromatic rings. The Balaban J connectivity index is 4.55. The van der Waals surface area contributed by atoms with Crippen LogP contribution in [-0.4, -0.2) is 24.5 Å². The molecule has 4 heteroatoms. The zero-order valence-corrected chi connectivity index (χ0v) is 9.51. The number of rotatable bonds is 3. The van der Waals surface area contributed by atoms with E-state index in [2.05, 4.69) is 5.32 Å². The smallest absolute Gasteiger partial charge is 0.329 e. The first-order valence-electron chi connectivity index (χ1n) is 4.72. The molecule has 0 saturated carbocycles. The lowest BCUT2D eigenvalue weighted by Gasteiger charge is -2.28. The molecular weight excluding hydrogens is 182 g/mol. The van der Waals surface area contributed by atoms with Crippen molar-refractivity contribution in [1.29, 1.82) is 0 Å². The van der Waals surface area contributed by atoms with Crippen molar-refractivity contribution < 1.29 is 14.3 Å². The first-order chi connectivity index (χ1) is 6.29. The van der Waals surface area contributed by atoms with Crippen molar-refractivity contribution in [2.24, 2.45) is 5.41 Å². The monoisotopic (exact) mass is 201 g/mol. The van der Waals surface area contributed by atoms with Gasteiger partial charge in [-0.3, -0.25) is 4.79 Å². The van der Waals surface area contributed by atoms with Gasteiger partial charge in [-0.05, 0) is 12.3 Å². The van der Waals surface area contributed by atoms with E-state index in [1.54, 1.807) is 6.92 Å². The fourth-order valence-electron chi connectivity index (χ4n) is 1.06. The van der Waals surface area contributed by atoms with Gasteiger partial charge in [0.1, 0.15) is 6.04 Å². The summed E-state index contributed by atoms with van der Waals surface area (Å²) in [6, 6.07) is -0.583. The highest BCUT2D eigenvalue weighted by molar-refractivity contribution is 5.83. The standard InChI is InChI=1S/C10H19NO3/c1-6-14-9(13)8(10(3,4)5)11-7(2)12/h8H,6H2,1-5H3,(H,11,12)/t8-/m0/s1. The largest absolute Gasteiger partial charge is 0.464 e. The maximum atomic E-state index is 11.5. The summed E-state index contributed by atoms with van der Waals surface area (Å²) in [6.07, 6.45) is 0. The third kappa shape index (κ3) is 4.25. The van der Waals surface area contributed by atoms with Gasteiger partial charge in [-0.15, -0.1) is 0 Å². The van der Waals surface area contributed by atoms with Gasteiger partial charge in [0.15, 0.2) is 0 Å². The van der Waals surface area contributed by atoms with Crippen LogP contribution in [-0.2, 0) is 14.3 Å². The van der Waals surface area contributed by atoms with Crippen LogP contribution in [0.4, 0.5) is 0 Å². The SMILES string of the molecule is CCOC(=O)[C@H](NC(C)=O)C(C)(C)C. The number of hydrogen-bond donors (Lipinski definition) is 1. The molecule has 0 aromatic heterocycles. The summed E-state index contributed by atoms with van der Waals surface area (Å²) in [5.74, 6) is -0.604. The molecule has 0 aliphatic rings. The molecule has 0 radical (unpaired) electrons. The Labute approximate surface area is 85.0 Å². The van der Waals surface area contributed by atoms with Crippen LogP contribution in [0.2, 0.25) is 0 Å². The summed E-state index contributed by atoms with van der Waals surface area (Å²) in [5, 5.41) is 2.59. The van der Waals surface area contributed by atoms with Gasteiger partial charge in [0.05, 0.1) is 6.61 Å². The van der Waals surface area contributed by atoms with Crippen LogP contribution in [0.1, 0.15) is 34.6 Å². The molecule has 1 atom stereocenters. The van der Waals surface area contributed by atoms with Gasteiger partial charge in [0.25, 0.3) is 0 Å². The Morgan fingerprint density at radius 1 is 1.36 bits per heavy atom. The van der Waals surface area contributed by atoms with Crippen LogP contribution >= 0.6 is 0 Å². The van der Waals surface area contributed by atoms with Gasteiger partial charge in [0, 0.05) is 6.92 Å². The predicted octanol–water partition coefficient (Wildman–Crippen LogP) is 1.10. The molecule has 0 bridgehead atoms. The summed E-state index contributed by atoms with van der Waals surface area (Å²) in [7, 11) is 0. The van der Waals surface area contributed by atoms with Gasteiger partial charge in [-0.2, -0.15) is 0 Å². The predicted molar refractivity (Wildman–Crippen MR) is 53.7 cm³/mol. The number of ether oxygens (including phenoxy) is 1. The lowest BCUT2D eigenvalue weighted by molar-refractivity contribution is -0.150. The molecule has 1 N–H and O–H groups in total. The van der Waals surface area contributed by atoms with Crippen molar-refractivity contribution >= 4 is 11.9 Å². The average Bonchev–Trinajstić information content (AvgIpc) is 1.98. The Kier molecular flexibility index (Phi) is 4.60. The molecule has 82 valence electrons. The van der Waals surface area contributed by atoms with Gasteiger partial charge in [-0.25, -0.2) is 4.79 Å². The summed E-state index contributed by atoms with van der Waals surface area (Å²) >= 11 is 0. The Morgan fingerprint density at radius 2 is 1.86 bits per heavy atom. The lowest BCUT2D eigenvalue weighted by atomic mass is 9.87. The zero-order valence-electron chi connectivity index (χ0n) is 9.51. The molecule has 0 aliphatic carbocycles. The third-order valence-electron chi connectivity index (χ3n) is 1.74. The molecule has 4 nitrogen and oxygen atoms in total. The highest BCUT2D eigenvalue weighted by Gasteiger charge is 2.32. The number of carbonyl (C=O) groups is 2. The molecule has 0 aliphatic heterocycles.